The lowest BCUT2D eigenvalue weighted by molar-refractivity contribution is -0.385. The van der Waals surface area contributed by atoms with E-state index in [1.165, 1.54) is 48.1 Å². The number of benzene rings is 2. The van der Waals surface area contributed by atoms with E-state index in [4.69, 9.17) is 24.4 Å². The Labute approximate surface area is 203 Å². The van der Waals surface area contributed by atoms with Gasteiger partial charge in [0, 0.05) is 12.1 Å². The van der Waals surface area contributed by atoms with Gasteiger partial charge in [0.25, 0.3) is 11.4 Å². The first kappa shape index (κ1) is 27.1. The zero-order chi connectivity index (χ0) is 23.9. The van der Waals surface area contributed by atoms with Gasteiger partial charge in [0.05, 0.1) is 33.4 Å². The highest BCUT2D eigenvalue weighted by Crippen LogP contribution is 2.16. The highest BCUT2D eigenvalue weighted by molar-refractivity contribution is 8.22. The number of para-hydroxylation sites is 2. The molecule has 0 radical (unpaired) electrons. The standard InChI is InChI=1S/2C9H9N3O2S2/c2*1-16-9(15)11-10-6-7-4-2-3-5-8(7)12(13)14/h2*2-6H,1H3,(H,11,15)/b2*10-6+. The number of hydrazone groups is 2. The summed E-state index contributed by atoms with van der Waals surface area (Å²) in [5, 5.41) is 29.0. The fraction of sp³-hybridized carbons (Fsp3) is 0.111. The molecule has 0 aromatic heterocycles. The number of nitro benzene ring substituents is 2. The van der Waals surface area contributed by atoms with Gasteiger partial charge in [-0.15, -0.1) is 0 Å². The first-order valence-corrected chi connectivity index (χ1v) is 11.8. The third-order valence-electron chi connectivity index (χ3n) is 3.36. The van der Waals surface area contributed by atoms with Crippen molar-refractivity contribution in [3.63, 3.8) is 0 Å². The van der Waals surface area contributed by atoms with Gasteiger partial charge in [-0.2, -0.15) is 10.2 Å². The fourth-order valence-electron chi connectivity index (χ4n) is 1.93. The van der Waals surface area contributed by atoms with Gasteiger partial charge in [0.1, 0.15) is 0 Å². The summed E-state index contributed by atoms with van der Waals surface area (Å²) in [6.07, 6.45) is 6.38. The topological polar surface area (TPSA) is 135 Å². The van der Waals surface area contributed by atoms with Crippen LogP contribution in [0, 0.1) is 20.2 Å². The van der Waals surface area contributed by atoms with Gasteiger partial charge in [-0.25, -0.2) is 0 Å². The predicted octanol–water partition coefficient (Wildman–Crippen LogP) is 4.33. The van der Waals surface area contributed by atoms with Gasteiger partial charge in [0.2, 0.25) is 0 Å². The molecular formula is C18H18N6O4S4. The summed E-state index contributed by atoms with van der Waals surface area (Å²) < 4.78 is 1.02. The number of nitrogens with one attached hydrogen (secondary N) is 2. The number of hydrogen-bond acceptors (Lipinski definition) is 10. The van der Waals surface area contributed by atoms with Crippen molar-refractivity contribution in [3.05, 3.63) is 79.9 Å². The lowest BCUT2D eigenvalue weighted by Crippen LogP contribution is -2.10. The number of thioether (sulfide) groups is 2. The largest absolute Gasteiger partial charge is 0.278 e. The van der Waals surface area contributed by atoms with Gasteiger partial charge >= 0.3 is 0 Å². The van der Waals surface area contributed by atoms with Crippen molar-refractivity contribution in [1.82, 2.24) is 10.9 Å². The van der Waals surface area contributed by atoms with Crippen molar-refractivity contribution in [1.29, 1.82) is 0 Å². The molecule has 10 nitrogen and oxygen atoms in total. The van der Waals surface area contributed by atoms with Crippen molar-refractivity contribution in [3.8, 4) is 0 Å². The van der Waals surface area contributed by atoms with Crippen LogP contribution in [-0.4, -0.2) is 43.4 Å². The maximum Gasteiger partial charge on any atom is 0.278 e. The first-order chi connectivity index (χ1) is 15.3. The molecule has 0 saturated carbocycles. The average Bonchev–Trinajstić information content (AvgIpc) is 2.79. The minimum Gasteiger partial charge on any atom is -0.262 e. The van der Waals surface area contributed by atoms with Crippen LogP contribution in [0.3, 0.4) is 0 Å². The van der Waals surface area contributed by atoms with Crippen LogP contribution >= 0.6 is 48.0 Å². The number of rotatable bonds is 6. The zero-order valence-electron chi connectivity index (χ0n) is 16.8. The Balaban J connectivity index is 0.000000320. The van der Waals surface area contributed by atoms with E-state index in [1.54, 1.807) is 36.4 Å². The second-order valence-electron chi connectivity index (χ2n) is 5.36. The molecule has 0 aliphatic rings. The molecule has 2 rings (SSSR count). The van der Waals surface area contributed by atoms with Gasteiger partial charge in [-0.1, -0.05) is 72.2 Å². The molecular weight excluding hydrogens is 493 g/mol. The summed E-state index contributed by atoms with van der Waals surface area (Å²) in [4.78, 5) is 20.4. The molecule has 2 N–H and O–H groups in total. The van der Waals surface area contributed by atoms with Crippen LogP contribution in [-0.2, 0) is 0 Å². The minimum atomic E-state index is -0.450. The van der Waals surface area contributed by atoms with Gasteiger partial charge in [0.15, 0.2) is 8.64 Å². The lowest BCUT2D eigenvalue weighted by atomic mass is 10.2. The van der Waals surface area contributed by atoms with Crippen molar-refractivity contribution >= 4 is 80.4 Å². The molecule has 32 heavy (non-hydrogen) atoms. The van der Waals surface area contributed by atoms with E-state index in [2.05, 4.69) is 21.1 Å². The third-order valence-corrected chi connectivity index (χ3v) is 5.46. The summed E-state index contributed by atoms with van der Waals surface area (Å²) >= 11 is 12.4. The fourth-order valence-corrected chi connectivity index (χ4v) is 2.32. The minimum absolute atomic E-state index is 0.0168. The summed E-state index contributed by atoms with van der Waals surface area (Å²) in [6.45, 7) is 0. The summed E-state index contributed by atoms with van der Waals surface area (Å²) in [5.41, 5.74) is 6.08. The van der Waals surface area contributed by atoms with Gasteiger partial charge in [-0.05, 0) is 24.6 Å². The van der Waals surface area contributed by atoms with Crippen molar-refractivity contribution in [2.24, 2.45) is 10.2 Å². The average molecular weight is 511 g/mol. The van der Waals surface area contributed by atoms with Crippen LogP contribution in [0.5, 0.6) is 0 Å². The van der Waals surface area contributed by atoms with Crippen molar-refractivity contribution in [2.45, 2.75) is 0 Å². The summed E-state index contributed by atoms with van der Waals surface area (Å²) in [7, 11) is 0. The predicted molar refractivity (Wildman–Crippen MR) is 140 cm³/mol. The second kappa shape index (κ2) is 15.0. The molecule has 0 spiro atoms. The number of hydrogen-bond donors (Lipinski definition) is 2. The van der Waals surface area contributed by atoms with Crippen molar-refractivity contribution < 1.29 is 9.85 Å². The van der Waals surface area contributed by atoms with E-state index < -0.39 is 9.85 Å². The van der Waals surface area contributed by atoms with E-state index in [1.807, 2.05) is 12.5 Å². The second-order valence-corrected chi connectivity index (χ2v) is 8.32. The molecule has 0 aliphatic carbocycles. The van der Waals surface area contributed by atoms with E-state index in [0.717, 1.165) is 0 Å². The molecule has 2 aromatic carbocycles. The quantitative estimate of drug-likeness (QED) is 0.250. The zero-order valence-corrected chi connectivity index (χ0v) is 20.1. The highest BCUT2D eigenvalue weighted by atomic mass is 32.2. The molecule has 0 atom stereocenters. The summed E-state index contributed by atoms with van der Waals surface area (Å²) in [5.74, 6) is 0. The lowest BCUT2D eigenvalue weighted by Gasteiger charge is -1.98. The molecule has 14 heteroatoms. The van der Waals surface area contributed by atoms with Crippen LogP contribution in [0.15, 0.2) is 58.7 Å². The van der Waals surface area contributed by atoms with E-state index in [0.29, 0.717) is 19.8 Å². The van der Waals surface area contributed by atoms with Gasteiger partial charge in [-0.3, -0.25) is 31.1 Å². The smallest absolute Gasteiger partial charge is 0.262 e. The number of nitro groups is 2. The molecule has 0 amide bonds. The first-order valence-electron chi connectivity index (χ1n) is 8.51. The molecule has 0 aliphatic heterocycles. The normalized spacial score (nSPS) is 10.3. The van der Waals surface area contributed by atoms with Crippen LogP contribution in [0.25, 0.3) is 0 Å². The van der Waals surface area contributed by atoms with Gasteiger partial charge < -0.3 is 0 Å². The molecule has 0 bridgehead atoms. The Hall–Kier alpha value is -2.94. The Kier molecular flexibility index (Phi) is 12.7. The number of thiocarbonyl (C=S) groups is 2. The van der Waals surface area contributed by atoms with Crippen LogP contribution in [0.2, 0.25) is 0 Å². The molecule has 168 valence electrons. The van der Waals surface area contributed by atoms with Crippen LogP contribution in [0.1, 0.15) is 11.1 Å². The molecule has 0 unspecified atom stereocenters. The van der Waals surface area contributed by atoms with Crippen molar-refractivity contribution in [2.75, 3.05) is 12.5 Å². The van der Waals surface area contributed by atoms with Crippen LogP contribution < -0.4 is 10.9 Å². The highest BCUT2D eigenvalue weighted by Gasteiger charge is 2.10. The molecule has 0 saturated heterocycles. The Morgan fingerprint density at radius 3 is 1.47 bits per heavy atom. The maximum absolute atomic E-state index is 10.7. The number of nitrogens with zero attached hydrogens (tertiary/aromatic N) is 4. The van der Waals surface area contributed by atoms with E-state index >= 15 is 0 Å². The Morgan fingerprint density at radius 1 is 0.812 bits per heavy atom. The molecule has 0 heterocycles. The monoisotopic (exact) mass is 510 g/mol. The molecule has 2 aromatic rings. The maximum atomic E-state index is 10.7. The molecule has 0 fully saturated rings. The Bertz CT molecular complexity index is 951. The van der Waals surface area contributed by atoms with Crippen LogP contribution in [0.4, 0.5) is 11.4 Å². The third kappa shape index (κ3) is 9.91. The van der Waals surface area contributed by atoms with E-state index in [-0.39, 0.29) is 11.4 Å². The SMILES string of the molecule is CSC(=S)N/N=C/c1ccccc1[N+](=O)[O-].CSC(=S)N/N=C/c1ccccc1[N+](=O)[O-]. The van der Waals surface area contributed by atoms with E-state index in [9.17, 15) is 20.2 Å². The Morgan fingerprint density at radius 2 is 1.16 bits per heavy atom. The summed E-state index contributed by atoms with van der Waals surface area (Å²) in [6, 6.07) is 12.7.